The molecule has 6 nitrogen and oxygen atoms in total. The molecule has 136 valence electrons. The first-order chi connectivity index (χ1) is 13.1. The maximum Gasteiger partial charge on any atom is 0.279 e. The Balaban J connectivity index is 1.58. The molecule has 0 unspecified atom stereocenters. The molecule has 0 bridgehead atoms. The van der Waals surface area contributed by atoms with Crippen molar-refractivity contribution in [2.75, 3.05) is 0 Å². The normalized spacial score (nSPS) is 12.3. The fourth-order valence-electron chi connectivity index (χ4n) is 2.40. The Bertz CT molecular complexity index is 1040. The molecule has 1 heterocycles. The SMILES string of the molecule is Cc1csc(/C(C#N)=C/NNC(=O)[C@@H](C)Oc2ccc3ccccc3c2)n1. The number of nitriles is 1. The minimum atomic E-state index is -0.709. The van der Waals surface area contributed by atoms with E-state index >= 15 is 0 Å². The number of hydrogen-bond acceptors (Lipinski definition) is 6. The molecule has 0 radical (unpaired) electrons. The molecule has 0 aliphatic heterocycles. The summed E-state index contributed by atoms with van der Waals surface area (Å²) in [6, 6.07) is 15.7. The van der Waals surface area contributed by atoms with Gasteiger partial charge < -0.3 is 10.2 Å². The van der Waals surface area contributed by atoms with E-state index in [0.717, 1.165) is 16.5 Å². The number of carbonyl (C=O) groups is 1. The fourth-order valence-corrected chi connectivity index (χ4v) is 3.16. The minimum absolute atomic E-state index is 0.344. The third kappa shape index (κ3) is 4.63. The van der Waals surface area contributed by atoms with Crippen LogP contribution in [-0.4, -0.2) is 17.0 Å². The van der Waals surface area contributed by atoms with Crippen molar-refractivity contribution < 1.29 is 9.53 Å². The second-order valence-electron chi connectivity index (χ2n) is 5.87. The van der Waals surface area contributed by atoms with Crippen molar-refractivity contribution in [3.05, 3.63) is 64.7 Å². The third-order valence-electron chi connectivity index (χ3n) is 3.78. The third-order valence-corrected chi connectivity index (χ3v) is 4.78. The quantitative estimate of drug-likeness (QED) is 0.506. The van der Waals surface area contributed by atoms with Crippen LogP contribution >= 0.6 is 11.3 Å². The number of aryl methyl sites for hydroxylation is 1. The number of carbonyl (C=O) groups excluding carboxylic acids is 1. The van der Waals surface area contributed by atoms with Crippen molar-refractivity contribution in [2.45, 2.75) is 20.0 Å². The molecule has 0 aliphatic rings. The summed E-state index contributed by atoms with van der Waals surface area (Å²) in [5, 5.41) is 13.8. The van der Waals surface area contributed by atoms with Crippen LogP contribution in [0.2, 0.25) is 0 Å². The zero-order valence-electron chi connectivity index (χ0n) is 14.9. The van der Waals surface area contributed by atoms with Crippen LogP contribution in [0.15, 0.2) is 54.0 Å². The van der Waals surface area contributed by atoms with Crippen LogP contribution in [0.25, 0.3) is 16.3 Å². The summed E-state index contributed by atoms with van der Waals surface area (Å²) in [5.41, 5.74) is 6.35. The number of ether oxygens (including phenoxy) is 1. The molecular formula is C20H18N4O2S. The average molecular weight is 378 g/mol. The molecule has 0 saturated carbocycles. The van der Waals surface area contributed by atoms with Crippen LogP contribution in [-0.2, 0) is 4.79 Å². The van der Waals surface area contributed by atoms with E-state index in [-0.39, 0.29) is 5.91 Å². The number of amides is 1. The van der Waals surface area contributed by atoms with Crippen molar-refractivity contribution >= 4 is 33.6 Å². The summed E-state index contributed by atoms with van der Waals surface area (Å²) in [7, 11) is 0. The molecule has 1 atom stereocenters. The van der Waals surface area contributed by atoms with Gasteiger partial charge in [-0.05, 0) is 36.8 Å². The highest BCUT2D eigenvalue weighted by Crippen LogP contribution is 2.21. The lowest BCUT2D eigenvalue weighted by Crippen LogP contribution is -2.42. The molecule has 2 aromatic carbocycles. The highest BCUT2D eigenvalue weighted by atomic mass is 32.1. The summed E-state index contributed by atoms with van der Waals surface area (Å²) in [6.07, 6.45) is 0.707. The van der Waals surface area contributed by atoms with Crippen molar-refractivity contribution in [1.29, 1.82) is 5.26 Å². The van der Waals surface area contributed by atoms with Crippen LogP contribution in [0.1, 0.15) is 17.6 Å². The van der Waals surface area contributed by atoms with Crippen LogP contribution in [0.3, 0.4) is 0 Å². The van der Waals surface area contributed by atoms with Gasteiger partial charge in [0.1, 0.15) is 22.4 Å². The number of aromatic nitrogens is 1. The van der Waals surface area contributed by atoms with E-state index in [4.69, 9.17) is 4.74 Å². The van der Waals surface area contributed by atoms with E-state index in [0.29, 0.717) is 16.3 Å². The molecular weight excluding hydrogens is 360 g/mol. The molecule has 0 fully saturated rings. The van der Waals surface area contributed by atoms with E-state index < -0.39 is 6.10 Å². The fraction of sp³-hybridized carbons (Fsp3) is 0.150. The highest BCUT2D eigenvalue weighted by Gasteiger charge is 2.14. The Morgan fingerprint density at radius 3 is 2.78 bits per heavy atom. The predicted octanol–water partition coefficient (Wildman–Crippen LogP) is 3.56. The molecule has 7 heteroatoms. The Morgan fingerprint density at radius 2 is 2.07 bits per heavy atom. The number of thiazole rings is 1. The zero-order valence-corrected chi connectivity index (χ0v) is 15.7. The van der Waals surface area contributed by atoms with Gasteiger partial charge in [-0.3, -0.25) is 10.2 Å². The van der Waals surface area contributed by atoms with Gasteiger partial charge in [0.15, 0.2) is 6.10 Å². The molecule has 0 spiro atoms. The van der Waals surface area contributed by atoms with E-state index in [9.17, 15) is 10.1 Å². The second kappa shape index (κ2) is 8.34. The van der Waals surface area contributed by atoms with Gasteiger partial charge in [0, 0.05) is 17.3 Å². The van der Waals surface area contributed by atoms with Crippen LogP contribution < -0.4 is 15.6 Å². The van der Waals surface area contributed by atoms with Crippen LogP contribution in [0, 0.1) is 18.3 Å². The smallest absolute Gasteiger partial charge is 0.279 e. The van der Waals surface area contributed by atoms with E-state index in [1.54, 1.807) is 6.92 Å². The second-order valence-corrected chi connectivity index (χ2v) is 6.72. The summed E-state index contributed by atoms with van der Waals surface area (Å²) in [5.74, 6) is 0.259. The number of benzene rings is 2. The number of nitrogens with one attached hydrogen (secondary N) is 2. The predicted molar refractivity (Wildman–Crippen MR) is 106 cm³/mol. The average Bonchev–Trinajstić information content (AvgIpc) is 3.11. The molecule has 0 saturated heterocycles. The van der Waals surface area contributed by atoms with Crippen LogP contribution in [0.5, 0.6) is 5.75 Å². The lowest BCUT2D eigenvalue weighted by atomic mass is 10.1. The van der Waals surface area contributed by atoms with E-state index in [1.165, 1.54) is 17.5 Å². The maximum atomic E-state index is 12.2. The van der Waals surface area contributed by atoms with Gasteiger partial charge >= 0.3 is 0 Å². The number of rotatable bonds is 6. The van der Waals surface area contributed by atoms with Crippen molar-refractivity contribution in [3.63, 3.8) is 0 Å². The monoisotopic (exact) mass is 378 g/mol. The Labute approximate surface area is 161 Å². The number of hydrazine groups is 1. The standard InChI is InChI=1S/C20H18N4O2S/c1-13-12-27-20(23-13)17(10-21)11-22-24-19(25)14(2)26-18-8-7-15-5-3-4-6-16(15)9-18/h3-9,11-12,14,22H,1-2H3,(H,24,25)/b17-11+/t14-/m1/s1. The van der Waals surface area contributed by atoms with Crippen molar-refractivity contribution in [3.8, 4) is 11.8 Å². The molecule has 3 aromatic rings. The highest BCUT2D eigenvalue weighted by molar-refractivity contribution is 7.10. The first-order valence-corrected chi connectivity index (χ1v) is 9.18. The summed E-state index contributed by atoms with van der Waals surface area (Å²) in [6.45, 7) is 3.52. The summed E-state index contributed by atoms with van der Waals surface area (Å²) >= 11 is 1.37. The summed E-state index contributed by atoms with van der Waals surface area (Å²) in [4.78, 5) is 16.4. The largest absolute Gasteiger partial charge is 0.481 e. The van der Waals surface area contributed by atoms with Gasteiger partial charge in [0.05, 0.1) is 0 Å². The number of hydrogen-bond donors (Lipinski definition) is 2. The van der Waals surface area contributed by atoms with Crippen molar-refractivity contribution in [2.24, 2.45) is 0 Å². The minimum Gasteiger partial charge on any atom is -0.481 e. The Kier molecular flexibility index (Phi) is 5.69. The molecule has 2 N–H and O–H groups in total. The zero-order chi connectivity index (χ0) is 19.2. The molecule has 27 heavy (non-hydrogen) atoms. The molecule has 0 aliphatic carbocycles. The first kappa shape index (κ1) is 18.4. The number of nitrogens with zero attached hydrogens (tertiary/aromatic N) is 2. The first-order valence-electron chi connectivity index (χ1n) is 8.30. The number of allylic oxidation sites excluding steroid dienone is 1. The van der Waals surface area contributed by atoms with Crippen molar-refractivity contribution in [1.82, 2.24) is 15.8 Å². The molecule has 1 aromatic heterocycles. The van der Waals surface area contributed by atoms with E-state index in [1.807, 2.05) is 54.8 Å². The molecule has 3 rings (SSSR count). The van der Waals surface area contributed by atoms with Gasteiger partial charge in [-0.15, -0.1) is 11.3 Å². The maximum absolute atomic E-state index is 12.2. The number of fused-ring (bicyclic) bond motifs is 1. The van der Waals surface area contributed by atoms with Gasteiger partial charge in [-0.1, -0.05) is 30.3 Å². The van der Waals surface area contributed by atoms with Crippen LogP contribution in [0.4, 0.5) is 0 Å². The van der Waals surface area contributed by atoms with E-state index in [2.05, 4.69) is 21.9 Å². The summed E-state index contributed by atoms with van der Waals surface area (Å²) < 4.78 is 5.71. The molecule has 1 amide bonds. The van der Waals surface area contributed by atoms with Gasteiger partial charge in [-0.2, -0.15) is 5.26 Å². The lowest BCUT2D eigenvalue weighted by molar-refractivity contribution is -0.127. The Hall–Kier alpha value is -3.37. The van der Waals surface area contributed by atoms with Gasteiger partial charge in [-0.25, -0.2) is 4.98 Å². The Morgan fingerprint density at radius 1 is 1.30 bits per heavy atom. The topological polar surface area (TPSA) is 87.0 Å². The lowest BCUT2D eigenvalue weighted by Gasteiger charge is -2.15. The van der Waals surface area contributed by atoms with Gasteiger partial charge in [0.2, 0.25) is 0 Å². The van der Waals surface area contributed by atoms with Gasteiger partial charge in [0.25, 0.3) is 5.91 Å².